The summed E-state index contributed by atoms with van der Waals surface area (Å²) in [7, 11) is 2.41. The van der Waals surface area contributed by atoms with Gasteiger partial charge in [-0.3, -0.25) is 4.79 Å². The molecular weight excluding hydrogens is 232 g/mol. The molecule has 4 nitrogen and oxygen atoms in total. The fourth-order valence-corrected chi connectivity index (χ4v) is 1.36. The van der Waals surface area contributed by atoms with E-state index in [-0.39, 0.29) is 17.7 Å². The van der Waals surface area contributed by atoms with Crippen LogP contribution >= 0.6 is 0 Å². The molecule has 0 spiro atoms. The van der Waals surface area contributed by atoms with Crippen LogP contribution in [0.2, 0.25) is 0 Å². The molecule has 0 radical (unpaired) electrons. The van der Waals surface area contributed by atoms with Gasteiger partial charge in [-0.25, -0.2) is 4.39 Å². The molecule has 0 fully saturated rings. The fourth-order valence-electron chi connectivity index (χ4n) is 1.36. The first-order valence-corrected chi connectivity index (χ1v) is 4.85. The molecule has 0 bridgehead atoms. The highest BCUT2D eigenvalue weighted by Gasteiger charge is 2.20. The highest BCUT2D eigenvalue weighted by Crippen LogP contribution is 2.23. The normalized spacial score (nSPS) is 12.1. The first kappa shape index (κ1) is 13.4. The van der Waals surface area contributed by atoms with Crippen LogP contribution in [0.5, 0.6) is 5.75 Å². The Hall–Kier alpha value is -1.69. The second kappa shape index (κ2) is 5.58. The van der Waals surface area contributed by atoms with Gasteiger partial charge in [0.05, 0.1) is 14.2 Å². The highest BCUT2D eigenvalue weighted by molar-refractivity contribution is 5.75. The molecule has 1 atom stereocenters. The van der Waals surface area contributed by atoms with Crippen molar-refractivity contribution in [1.29, 1.82) is 0 Å². The number of ether oxygens (including phenoxy) is 2. The number of rotatable bonds is 4. The smallest absolute Gasteiger partial charge is 0.322 e. The number of methoxy groups -OCH3 is 2. The van der Waals surface area contributed by atoms with Gasteiger partial charge < -0.3 is 15.2 Å². The van der Waals surface area contributed by atoms with E-state index in [0.29, 0.717) is 0 Å². The molecule has 0 aliphatic heterocycles. The molecule has 1 unspecified atom stereocenters. The van der Waals surface area contributed by atoms with E-state index in [0.717, 1.165) is 0 Å². The van der Waals surface area contributed by atoms with E-state index >= 15 is 0 Å². The number of carbonyl (C=O) groups excluding carboxylic acids is 1. The lowest BCUT2D eigenvalue weighted by Crippen LogP contribution is -2.34. The van der Waals surface area contributed by atoms with Crippen molar-refractivity contribution >= 4 is 5.97 Å². The number of halogens is 2. The highest BCUT2D eigenvalue weighted by atomic mass is 19.2. The molecule has 1 aromatic rings. The minimum Gasteiger partial charge on any atom is -0.494 e. The maximum absolute atomic E-state index is 13.5. The Morgan fingerprint density at radius 3 is 2.53 bits per heavy atom. The number of carbonyl (C=O) groups is 1. The summed E-state index contributed by atoms with van der Waals surface area (Å²) in [5.74, 6) is -3.04. The van der Waals surface area contributed by atoms with Crippen molar-refractivity contribution in [2.45, 2.75) is 12.5 Å². The lowest BCUT2D eigenvalue weighted by Gasteiger charge is -2.11. The molecule has 17 heavy (non-hydrogen) atoms. The van der Waals surface area contributed by atoms with Crippen molar-refractivity contribution < 1.29 is 23.0 Å². The van der Waals surface area contributed by atoms with Crippen molar-refractivity contribution in [1.82, 2.24) is 0 Å². The molecule has 0 aromatic heterocycles. The topological polar surface area (TPSA) is 61.5 Å². The van der Waals surface area contributed by atoms with E-state index in [2.05, 4.69) is 9.47 Å². The standard InChI is InChI=1S/C11H13F2NO3/c1-16-8-4-3-6(9(12)10(8)13)5-7(14)11(15)17-2/h3-4,7H,5,14H2,1-2H3. The first-order chi connectivity index (χ1) is 8.01. The van der Waals surface area contributed by atoms with Crippen molar-refractivity contribution in [3.05, 3.63) is 29.3 Å². The minimum atomic E-state index is -1.10. The predicted octanol–water partition coefficient (Wildman–Crippen LogP) is 1.02. The van der Waals surface area contributed by atoms with Crippen LogP contribution in [-0.2, 0) is 16.0 Å². The average molecular weight is 245 g/mol. The lowest BCUT2D eigenvalue weighted by atomic mass is 10.1. The van der Waals surface area contributed by atoms with Gasteiger partial charge in [-0.2, -0.15) is 4.39 Å². The van der Waals surface area contributed by atoms with Crippen molar-refractivity contribution in [3.8, 4) is 5.75 Å². The molecule has 0 saturated carbocycles. The molecule has 0 amide bonds. The van der Waals surface area contributed by atoms with Crippen molar-refractivity contribution in [2.75, 3.05) is 14.2 Å². The van der Waals surface area contributed by atoms with Crippen LogP contribution < -0.4 is 10.5 Å². The summed E-state index contributed by atoms with van der Waals surface area (Å²) in [5.41, 5.74) is 5.46. The van der Waals surface area contributed by atoms with Gasteiger partial charge in [0.2, 0.25) is 5.82 Å². The average Bonchev–Trinajstić information content (AvgIpc) is 2.34. The first-order valence-electron chi connectivity index (χ1n) is 4.85. The summed E-state index contributed by atoms with van der Waals surface area (Å²) in [6, 6.07) is 1.57. The SMILES string of the molecule is COC(=O)C(N)Cc1ccc(OC)c(F)c1F. The van der Waals surface area contributed by atoms with Crippen LogP contribution in [0.4, 0.5) is 8.78 Å². The summed E-state index contributed by atoms with van der Waals surface area (Å²) >= 11 is 0. The van der Waals surface area contributed by atoms with Gasteiger partial charge in [-0.1, -0.05) is 6.07 Å². The molecule has 2 N–H and O–H groups in total. The van der Waals surface area contributed by atoms with Gasteiger partial charge in [-0.05, 0) is 11.6 Å². The van der Waals surface area contributed by atoms with E-state index in [4.69, 9.17) is 5.73 Å². The molecule has 0 saturated heterocycles. The molecule has 0 aliphatic rings. The van der Waals surface area contributed by atoms with Crippen LogP contribution in [0.25, 0.3) is 0 Å². The maximum atomic E-state index is 13.5. The zero-order chi connectivity index (χ0) is 13.0. The van der Waals surface area contributed by atoms with Gasteiger partial charge in [0.15, 0.2) is 11.6 Å². The van der Waals surface area contributed by atoms with Gasteiger partial charge in [-0.15, -0.1) is 0 Å². The molecule has 0 aliphatic carbocycles. The van der Waals surface area contributed by atoms with Crippen LogP contribution in [0.15, 0.2) is 12.1 Å². The molecule has 6 heteroatoms. The maximum Gasteiger partial charge on any atom is 0.322 e. The van der Waals surface area contributed by atoms with Gasteiger partial charge in [0.1, 0.15) is 6.04 Å². The van der Waals surface area contributed by atoms with Crippen LogP contribution in [0.3, 0.4) is 0 Å². The van der Waals surface area contributed by atoms with Crippen molar-refractivity contribution in [3.63, 3.8) is 0 Å². The predicted molar refractivity (Wildman–Crippen MR) is 56.6 cm³/mol. The minimum absolute atomic E-state index is 0.00111. The second-order valence-corrected chi connectivity index (χ2v) is 3.39. The second-order valence-electron chi connectivity index (χ2n) is 3.39. The lowest BCUT2D eigenvalue weighted by molar-refractivity contribution is -0.142. The molecule has 1 aromatic carbocycles. The zero-order valence-corrected chi connectivity index (χ0v) is 9.50. The number of nitrogens with two attached hydrogens (primary N) is 1. The zero-order valence-electron chi connectivity index (χ0n) is 9.50. The summed E-state index contributed by atoms with van der Waals surface area (Å²) in [4.78, 5) is 11.0. The third kappa shape index (κ3) is 2.91. The third-order valence-corrected chi connectivity index (χ3v) is 2.29. The van der Waals surface area contributed by atoms with E-state index in [9.17, 15) is 13.6 Å². The van der Waals surface area contributed by atoms with Crippen molar-refractivity contribution in [2.24, 2.45) is 5.73 Å². The van der Waals surface area contributed by atoms with Crippen LogP contribution in [0.1, 0.15) is 5.56 Å². The summed E-state index contributed by atoms with van der Waals surface area (Å²) in [6.07, 6.45) is -0.139. The van der Waals surface area contributed by atoms with E-state index in [1.54, 1.807) is 0 Å². The number of esters is 1. The summed E-state index contributed by atoms with van der Waals surface area (Å²) < 4.78 is 35.9. The summed E-state index contributed by atoms with van der Waals surface area (Å²) in [5, 5.41) is 0. The van der Waals surface area contributed by atoms with Gasteiger partial charge in [0, 0.05) is 6.42 Å². The Morgan fingerprint density at radius 1 is 1.35 bits per heavy atom. The monoisotopic (exact) mass is 245 g/mol. The largest absolute Gasteiger partial charge is 0.494 e. The number of benzene rings is 1. The number of hydrogen-bond donors (Lipinski definition) is 1. The Labute approximate surface area is 97.3 Å². The van der Waals surface area contributed by atoms with Gasteiger partial charge in [0.25, 0.3) is 0 Å². The molecule has 1 rings (SSSR count). The summed E-state index contributed by atoms with van der Waals surface area (Å²) in [6.45, 7) is 0. The number of hydrogen-bond acceptors (Lipinski definition) is 4. The van der Waals surface area contributed by atoms with Gasteiger partial charge >= 0.3 is 5.97 Å². The Morgan fingerprint density at radius 2 is 2.00 bits per heavy atom. The Bertz CT molecular complexity index is 423. The molecule has 0 heterocycles. The fraction of sp³-hybridized carbons (Fsp3) is 0.364. The third-order valence-electron chi connectivity index (χ3n) is 2.29. The molecular formula is C11H13F2NO3. The quantitative estimate of drug-likeness (QED) is 0.804. The van der Waals surface area contributed by atoms with Crippen LogP contribution in [0, 0.1) is 11.6 Å². The Balaban J connectivity index is 2.93. The van der Waals surface area contributed by atoms with E-state index < -0.39 is 23.6 Å². The van der Waals surface area contributed by atoms with E-state index in [1.807, 2.05) is 0 Å². The molecule has 94 valence electrons. The van der Waals surface area contributed by atoms with E-state index in [1.165, 1.54) is 26.4 Å². The Kier molecular flexibility index (Phi) is 4.39. The van der Waals surface area contributed by atoms with Crippen LogP contribution in [-0.4, -0.2) is 26.2 Å².